The van der Waals surface area contributed by atoms with Gasteiger partial charge < -0.3 is 47.7 Å². The first kappa shape index (κ1) is 30.0. The van der Waals surface area contributed by atoms with Crippen LogP contribution >= 0.6 is 0 Å². The van der Waals surface area contributed by atoms with E-state index < -0.39 is 0 Å². The SMILES string of the molecule is CN1c2c(ccc3cc4c(cc23)OCO4)-c2ccc3c(c2[C@@H]1CC(=O)C[C@H]1c2c(ccc4c2OCO4)-c2ccc4cc5c(cc4c2N1C)OCO5)OCO3. The van der Waals surface area contributed by atoms with Gasteiger partial charge in [0.05, 0.1) is 23.5 Å². The summed E-state index contributed by atoms with van der Waals surface area (Å²) < 4.78 is 47.1. The van der Waals surface area contributed by atoms with Crippen LogP contribution in [-0.2, 0) is 4.79 Å². The van der Waals surface area contributed by atoms with Crippen molar-refractivity contribution in [2.75, 3.05) is 51.1 Å². The number of ketones is 1. The molecule has 0 N–H and O–H groups in total. The lowest BCUT2D eigenvalue weighted by Gasteiger charge is -2.40. The molecule has 6 aromatic rings. The zero-order valence-electron chi connectivity index (χ0n) is 29.4. The Bertz CT molecular complexity index is 2490. The first-order valence-corrected chi connectivity index (χ1v) is 18.1. The number of carbonyl (C=O) groups is 1. The van der Waals surface area contributed by atoms with Crippen LogP contribution in [0.15, 0.2) is 72.8 Å². The van der Waals surface area contributed by atoms with Crippen molar-refractivity contribution in [1.29, 1.82) is 0 Å². The largest absolute Gasteiger partial charge is 0.454 e. The third kappa shape index (κ3) is 4.03. The topological polar surface area (TPSA) is 97.4 Å². The summed E-state index contributed by atoms with van der Waals surface area (Å²) in [6.07, 6.45) is 0.466. The molecule has 6 aliphatic rings. The molecule has 2 atom stereocenters. The molecule has 11 nitrogen and oxygen atoms in total. The van der Waals surface area contributed by atoms with Gasteiger partial charge in [-0.2, -0.15) is 0 Å². The maximum atomic E-state index is 14.9. The van der Waals surface area contributed by atoms with E-state index in [0.29, 0.717) is 34.5 Å². The second-order valence-corrected chi connectivity index (χ2v) is 14.5. The highest BCUT2D eigenvalue weighted by Crippen LogP contribution is 2.58. The smallest absolute Gasteiger partial charge is 0.231 e. The fourth-order valence-corrected chi connectivity index (χ4v) is 9.40. The third-order valence-corrected chi connectivity index (χ3v) is 11.9. The molecule has 12 rings (SSSR count). The van der Waals surface area contributed by atoms with E-state index in [-0.39, 0.29) is 57.9 Å². The Morgan fingerprint density at radius 1 is 0.500 bits per heavy atom. The summed E-state index contributed by atoms with van der Waals surface area (Å²) in [7, 11) is 4.12. The zero-order chi connectivity index (χ0) is 35.8. The van der Waals surface area contributed by atoms with Gasteiger partial charge in [0.25, 0.3) is 0 Å². The number of benzene rings is 6. The lowest BCUT2D eigenvalue weighted by molar-refractivity contribution is -0.119. The van der Waals surface area contributed by atoms with E-state index in [0.717, 1.165) is 77.8 Å². The van der Waals surface area contributed by atoms with E-state index in [1.807, 2.05) is 24.3 Å². The quantitative estimate of drug-likeness (QED) is 0.176. The number of Topliss-reactive ketones (excluding diaryl/α,β-unsaturated/α-hetero) is 1. The van der Waals surface area contributed by atoms with Crippen LogP contribution in [0.5, 0.6) is 46.0 Å². The Balaban J connectivity index is 0.974. The Kier molecular flexibility index (Phi) is 6.00. The van der Waals surface area contributed by atoms with Crippen molar-refractivity contribution >= 4 is 38.7 Å². The average molecular weight is 721 g/mol. The Morgan fingerprint density at radius 3 is 1.35 bits per heavy atom. The van der Waals surface area contributed by atoms with Crippen molar-refractivity contribution in [3.8, 4) is 68.2 Å². The van der Waals surface area contributed by atoms with Gasteiger partial charge >= 0.3 is 0 Å². The van der Waals surface area contributed by atoms with Gasteiger partial charge in [0.15, 0.2) is 46.0 Å². The highest BCUT2D eigenvalue weighted by Gasteiger charge is 2.41. The summed E-state index contributed by atoms with van der Waals surface area (Å²) in [6, 6.07) is 24.1. The minimum Gasteiger partial charge on any atom is -0.454 e. The molecule has 11 heteroatoms. The highest BCUT2D eigenvalue weighted by atomic mass is 16.7. The fraction of sp³-hybridized carbons (Fsp3) is 0.233. The van der Waals surface area contributed by atoms with E-state index in [4.69, 9.17) is 37.9 Å². The molecule has 0 saturated heterocycles. The van der Waals surface area contributed by atoms with Crippen LogP contribution in [0.2, 0.25) is 0 Å². The molecule has 0 bridgehead atoms. The average Bonchev–Trinajstić information content (AvgIpc) is 4.02. The normalized spacial score (nSPS) is 18.9. The first-order valence-electron chi connectivity index (χ1n) is 18.1. The second-order valence-electron chi connectivity index (χ2n) is 14.5. The summed E-state index contributed by atoms with van der Waals surface area (Å²) in [4.78, 5) is 19.3. The zero-order valence-corrected chi connectivity index (χ0v) is 29.4. The maximum Gasteiger partial charge on any atom is 0.231 e. The Labute approximate surface area is 309 Å². The number of hydrogen-bond acceptors (Lipinski definition) is 11. The summed E-state index contributed by atoms with van der Waals surface area (Å²) in [5, 5.41) is 4.12. The molecular weight excluding hydrogens is 688 g/mol. The molecule has 0 fully saturated rings. The molecule has 0 spiro atoms. The second kappa shape index (κ2) is 10.8. The molecule has 0 aromatic heterocycles. The Hall–Kier alpha value is -6.49. The number of rotatable bonds is 4. The van der Waals surface area contributed by atoms with E-state index >= 15 is 0 Å². The van der Waals surface area contributed by atoms with Gasteiger partial charge in [-0.15, -0.1) is 0 Å². The predicted octanol–water partition coefficient (Wildman–Crippen LogP) is 8.27. The molecule has 268 valence electrons. The molecule has 0 aliphatic carbocycles. The van der Waals surface area contributed by atoms with Crippen molar-refractivity contribution in [3.63, 3.8) is 0 Å². The fourth-order valence-electron chi connectivity index (χ4n) is 9.40. The van der Waals surface area contributed by atoms with E-state index in [1.54, 1.807) is 0 Å². The Morgan fingerprint density at radius 2 is 0.889 bits per heavy atom. The van der Waals surface area contributed by atoms with Crippen molar-refractivity contribution in [1.82, 2.24) is 0 Å². The van der Waals surface area contributed by atoms with Crippen LogP contribution in [0.3, 0.4) is 0 Å². The van der Waals surface area contributed by atoms with Crippen LogP contribution in [0.25, 0.3) is 43.8 Å². The van der Waals surface area contributed by atoms with Crippen LogP contribution in [0, 0.1) is 0 Å². The molecule has 6 aliphatic heterocycles. The standard InChI is InChI=1S/C43H32N2O9/c1-44-30(38-24(7-9-32-42(38)53-19-47-32)26-5-3-21-11-34-36(51-17-49-34)15-28(21)40(26)44)13-23(46)14-31-39-25(8-10-33-43(39)54-20-48-33)27-6-4-22-12-35-37(52-18-50-35)16-29(22)41(27)45(31)2/h3-12,15-16,30-31H,13-14,17-20H2,1-2H3/t30-,31-/m0/s1. The third-order valence-electron chi connectivity index (χ3n) is 11.9. The number of nitrogens with zero attached hydrogens (tertiary/aromatic N) is 2. The number of carbonyl (C=O) groups excluding carboxylic acids is 1. The maximum absolute atomic E-state index is 14.9. The van der Waals surface area contributed by atoms with Crippen LogP contribution in [0.4, 0.5) is 11.4 Å². The molecular formula is C43H32N2O9. The molecule has 6 aromatic carbocycles. The van der Waals surface area contributed by atoms with Crippen LogP contribution in [-0.4, -0.2) is 47.1 Å². The molecule has 0 radical (unpaired) electrons. The molecule has 6 heterocycles. The summed E-state index contributed by atoms with van der Waals surface area (Å²) in [5.41, 5.74) is 8.11. The van der Waals surface area contributed by atoms with Gasteiger partial charge in [0, 0.05) is 60.0 Å². The van der Waals surface area contributed by atoms with Crippen LogP contribution in [0.1, 0.15) is 36.1 Å². The van der Waals surface area contributed by atoms with Gasteiger partial charge in [-0.25, -0.2) is 0 Å². The summed E-state index contributed by atoms with van der Waals surface area (Å²) in [6.45, 7) is 0.650. The first-order chi connectivity index (χ1) is 26.5. The van der Waals surface area contributed by atoms with Gasteiger partial charge in [-0.3, -0.25) is 4.79 Å². The van der Waals surface area contributed by atoms with Crippen LogP contribution < -0.4 is 47.7 Å². The van der Waals surface area contributed by atoms with Gasteiger partial charge in [0.2, 0.25) is 27.2 Å². The number of anilines is 2. The van der Waals surface area contributed by atoms with Gasteiger partial charge in [-0.05, 0) is 70.4 Å². The predicted molar refractivity (Wildman–Crippen MR) is 200 cm³/mol. The monoisotopic (exact) mass is 720 g/mol. The van der Waals surface area contributed by atoms with E-state index in [1.165, 1.54) is 0 Å². The highest BCUT2D eigenvalue weighted by molar-refractivity contribution is 6.08. The van der Waals surface area contributed by atoms with Gasteiger partial charge in [-0.1, -0.05) is 24.3 Å². The molecule has 0 unspecified atom stereocenters. The number of hydrogen-bond donors (Lipinski definition) is 0. The number of ether oxygens (including phenoxy) is 8. The van der Waals surface area contributed by atoms with Crippen molar-refractivity contribution in [3.05, 3.63) is 83.9 Å². The van der Waals surface area contributed by atoms with E-state index in [2.05, 4.69) is 72.4 Å². The minimum atomic E-state index is -0.338. The molecule has 0 amide bonds. The lowest BCUT2D eigenvalue weighted by atomic mass is 9.81. The summed E-state index contributed by atoms with van der Waals surface area (Å²) >= 11 is 0. The lowest BCUT2D eigenvalue weighted by Crippen LogP contribution is -2.33. The minimum absolute atomic E-state index is 0.0938. The van der Waals surface area contributed by atoms with Crippen molar-refractivity contribution in [2.45, 2.75) is 24.9 Å². The van der Waals surface area contributed by atoms with Gasteiger partial charge in [0.1, 0.15) is 5.78 Å². The summed E-state index contributed by atoms with van der Waals surface area (Å²) in [5.74, 6) is 5.73. The molecule has 54 heavy (non-hydrogen) atoms. The molecule has 0 saturated carbocycles. The van der Waals surface area contributed by atoms with Crippen molar-refractivity contribution in [2.24, 2.45) is 0 Å². The van der Waals surface area contributed by atoms with Crippen molar-refractivity contribution < 1.29 is 42.7 Å². The van der Waals surface area contributed by atoms with E-state index in [9.17, 15) is 4.79 Å². The number of fused-ring (bicyclic) bond motifs is 16.